The Morgan fingerprint density at radius 3 is 1.81 bits per heavy atom. The second kappa shape index (κ2) is 18.3. The summed E-state index contributed by atoms with van der Waals surface area (Å²) in [5.74, 6) is 0.154. The van der Waals surface area contributed by atoms with Crippen molar-refractivity contribution in [3.8, 4) is 0 Å². The molecule has 0 aliphatic carbocycles. The predicted molar refractivity (Wildman–Crippen MR) is 118 cm³/mol. The number of hydrogen-bond donors (Lipinski definition) is 1. The standard InChI is InChI=1S/C16H29NO5S.4CH4/c1-6-13(18)21-8-11(22-14(19)7-2)9-23-10-12(17)15(20)16(3,4)5;;;;/h11-12H,6-10,17H2,1-5H3;4*1H4. The van der Waals surface area contributed by atoms with Crippen molar-refractivity contribution < 1.29 is 23.9 Å². The molecule has 0 spiro atoms. The predicted octanol–water partition coefficient (Wildman–Crippen LogP) is 4.48. The van der Waals surface area contributed by atoms with Crippen LogP contribution in [0.3, 0.4) is 0 Å². The Hall–Kier alpha value is -1.08. The maximum absolute atomic E-state index is 12.0. The molecule has 2 unspecified atom stereocenters. The number of Topliss-reactive ketones (excluding diaryl/α,β-unsaturated/α-hetero) is 1. The highest BCUT2D eigenvalue weighted by Crippen LogP contribution is 2.18. The lowest BCUT2D eigenvalue weighted by molar-refractivity contribution is -0.157. The van der Waals surface area contributed by atoms with Crippen molar-refractivity contribution in [2.24, 2.45) is 11.1 Å². The minimum Gasteiger partial charge on any atom is -0.462 e. The van der Waals surface area contributed by atoms with Gasteiger partial charge in [0.2, 0.25) is 0 Å². The fraction of sp³-hybridized carbons (Fsp3) is 0.850. The fourth-order valence-electron chi connectivity index (χ4n) is 1.63. The molecule has 0 aliphatic rings. The Morgan fingerprint density at radius 1 is 0.926 bits per heavy atom. The topological polar surface area (TPSA) is 95.7 Å². The quantitative estimate of drug-likeness (QED) is 0.529. The van der Waals surface area contributed by atoms with Gasteiger partial charge in [-0.25, -0.2) is 0 Å². The zero-order valence-corrected chi connectivity index (χ0v) is 15.5. The molecule has 0 rings (SSSR count). The van der Waals surface area contributed by atoms with E-state index in [9.17, 15) is 14.4 Å². The summed E-state index contributed by atoms with van der Waals surface area (Å²) in [6.07, 6.45) is -0.00262. The molecule has 166 valence electrons. The highest BCUT2D eigenvalue weighted by molar-refractivity contribution is 7.99. The lowest BCUT2D eigenvalue weighted by atomic mass is 9.87. The molecular formula is C20H45NO5S. The number of esters is 2. The molecule has 0 aromatic rings. The second-order valence-corrected chi connectivity index (χ2v) is 7.34. The Kier molecular flexibility index (Phi) is 24.9. The third-order valence-corrected chi connectivity index (χ3v) is 4.19. The van der Waals surface area contributed by atoms with Gasteiger partial charge in [0, 0.05) is 29.8 Å². The summed E-state index contributed by atoms with van der Waals surface area (Å²) in [7, 11) is 0. The van der Waals surface area contributed by atoms with E-state index in [4.69, 9.17) is 15.2 Å². The summed E-state index contributed by atoms with van der Waals surface area (Å²) in [4.78, 5) is 34.7. The van der Waals surface area contributed by atoms with Crippen molar-refractivity contribution in [1.82, 2.24) is 0 Å². The second-order valence-electron chi connectivity index (χ2n) is 6.26. The minimum absolute atomic E-state index is 0. The largest absolute Gasteiger partial charge is 0.462 e. The van der Waals surface area contributed by atoms with Crippen LogP contribution in [-0.2, 0) is 23.9 Å². The van der Waals surface area contributed by atoms with Crippen LogP contribution in [0.4, 0.5) is 0 Å². The summed E-state index contributed by atoms with van der Waals surface area (Å²) in [5, 5.41) is 0. The number of carbonyl (C=O) groups excluding carboxylic acids is 3. The highest BCUT2D eigenvalue weighted by Gasteiger charge is 2.27. The summed E-state index contributed by atoms with van der Waals surface area (Å²) >= 11 is 1.41. The number of ketones is 1. The van der Waals surface area contributed by atoms with Crippen molar-refractivity contribution in [2.45, 2.75) is 89.3 Å². The van der Waals surface area contributed by atoms with Crippen LogP contribution >= 0.6 is 11.8 Å². The smallest absolute Gasteiger partial charge is 0.305 e. The molecule has 0 aromatic heterocycles. The van der Waals surface area contributed by atoms with E-state index in [0.717, 1.165) is 0 Å². The third kappa shape index (κ3) is 16.8. The molecule has 0 radical (unpaired) electrons. The van der Waals surface area contributed by atoms with Gasteiger partial charge in [0.1, 0.15) is 12.7 Å². The summed E-state index contributed by atoms with van der Waals surface area (Å²) in [6, 6.07) is -0.569. The molecule has 0 aromatic carbocycles. The van der Waals surface area contributed by atoms with E-state index in [-0.39, 0.29) is 66.9 Å². The van der Waals surface area contributed by atoms with Gasteiger partial charge in [-0.05, 0) is 0 Å². The van der Waals surface area contributed by atoms with E-state index in [1.54, 1.807) is 13.8 Å². The Labute approximate surface area is 172 Å². The minimum atomic E-state index is -0.569. The van der Waals surface area contributed by atoms with Crippen LogP contribution in [0.15, 0.2) is 0 Å². The third-order valence-electron chi connectivity index (χ3n) is 2.98. The van der Waals surface area contributed by atoms with E-state index in [2.05, 4.69) is 0 Å². The van der Waals surface area contributed by atoms with Gasteiger partial charge in [-0.1, -0.05) is 64.3 Å². The Bertz CT molecular complexity index is 408. The van der Waals surface area contributed by atoms with Crippen molar-refractivity contribution in [1.29, 1.82) is 0 Å². The van der Waals surface area contributed by atoms with E-state index in [0.29, 0.717) is 11.5 Å². The van der Waals surface area contributed by atoms with E-state index >= 15 is 0 Å². The van der Waals surface area contributed by atoms with Gasteiger partial charge in [0.05, 0.1) is 6.04 Å². The molecule has 0 amide bonds. The van der Waals surface area contributed by atoms with Gasteiger partial charge in [-0.15, -0.1) is 0 Å². The maximum Gasteiger partial charge on any atom is 0.305 e. The molecular weight excluding hydrogens is 366 g/mol. The number of ether oxygens (including phenoxy) is 2. The number of hydrogen-bond acceptors (Lipinski definition) is 7. The van der Waals surface area contributed by atoms with Crippen molar-refractivity contribution in [3.63, 3.8) is 0 Å². The van der Waals surface area contributed by atoms with Gasteiger partial charge in [-0.3, -0.25) is 14.4 Å². The highest BCUT2D eigenvalue weighted by atomic mass is 32.2. The van der Waals surface area contributed by atoms with E-state index in [1.165, 1.54) is 11.8 Å². The zero-order chi connectivity index (χ0) is 18.0. The molecule has 6 nitrogen and oxygen atoms in total. The molecule has 7 heteroatoms. The first kappa shape index (κ1) is 36.8. The molecule has 0 bridgehead atoms. The molecule has 0 aliphatic heterocycles. The number of carbonyl (C=O) groups is 3. The monoisotopic (exact) mass is 411 g/mol. The molecule has 0 fully saturated rings. The van der Waals surface area contributed by atoms with Gasteiger partial charge in [0.15, 0.2) is 5.78 Å². The summed E-state index contributed by atoms with van der Waals surface area (Å²) < 4.78 is 10.3. The molecule has 2 atom stereocenters. The van der Waals surface area contributed by atoms with Crippen LogP contribution in [0.1, 0.15) is 77.2 Å². The maximum atomic E-state index is 12.0. The van der Waals surface area contributed by atoms with Gasteiger partial charge in [-0.2, -0.15) is 11.8 Å². The normalized spacial score (nSPS) is 11.9. The molecule has 2 N–H and O–H groups in total. The molecule has 0 heterocycles. The first-order valence-electron chi connectivity index (χ1n) is 7.84. The van der Waals surface area contributed by atoms with Crippen LogP contribution in [-0.4, -0.2) is 48.0 Å². The van der Waals surface area contributed by atoms with Crippen molar-refractivity contribution in [2.75, 3.05) is 18.1 Å². The average Bonchev–Trinajstić information content (AvgIpc) is 2.49. The zero-order valence-electron chi connectivity index (χ0n) is 14.7. The number of rotatable bonds is 10. The van der Waals surface area contributed by atoms with E-state index < -0.39 is 17.6 Å². The Morgan fingerprint density at radius 2 is 1.41 bits per heavy atom. The van der Waals surface area contributed by atoms with Gasteiger partial charge in [0.25, 0.3) is 0 Å². The van der Waals surface area contributed by atoms with Crippen LogP contribution in [0, 0.1) is 5.41 Å². The number of nitrogens with two attached hydrogens (primary N) is 1. The first-order chi connectivity index (χ1) is 10.6. The van der Waals surface area contributed by atoms with Crippen LogP contribution in [0.25, 0.3) is 0 Å². The van der Waals surface area contributed by atoms with Crippen LogP contribution in [0.2, 0.25) is 0 Å². The lowest BCUT2D eigenvalue weighted by Crippen LogP contribution is -2.41. The Balaban J connectivity index is -0.000000403. The number of thioether (sulfide) groups is 1. The summed E-state index contributed by atoms with van der Waals surface area (Å²) in [6.45, 7) is 8.90. The van der Waals surface area contributed by atoms with Crippen molar-refractivity contribution >= 4 is 29.5 Å². The van der Waals surface area contributed by atoms with Crippen molar-refractivity contribution in [3.05, 3.63) is 0 Å². The van der Waals surface area contributed by atoms with Crippen LogP contribution < -0.4 is 5.73 Å². The average molecular weight is 412 g/mol. The van der Waals surface area contributed by atoms with Gasteiger partial charge < -0.3 is 15.2 Å². The SMILES string of the molecule is C.C.C.C.CCC(=O)OCC(CSCC(N)C(=O)C(C)(C)C)OC(=O)CC. The molecule has 0 saturated heterocycles. The summed E-state index contributed by atoms with van der Waals surface area (Å²) in [5.41, 5.74) is 5.42. The molecule has 0 saturated carbocycles. The molecule has 27 heavy (non-hydrogen) atoms. The fourth-order valence-corrected chi connectivity index (χ4v) is 2.60. The van der Waals surface area contributed by atoms with E-state index in [1.807, 2.05) is 20.8 Å². The van der Waals surface area contributed by atoms with Crippen LogP contribution in [0.5, 0.6) is 0 Å². The first-order valence-corrected chi connectivity index (χ1v) is 9.00. The lowest BCUT2D eigenvalue weighted by Gasteiger charge is -2.22. The van der Waals surface area contributed by atoms with Gasteiger partial charge >= 0.3 is 11.9 Å².